The minimum Gasteiger partial charge on any atom is -0.356 e. The Morgan fingerprint density at radius 2 is 1.88 bits per heavy atom. The summed E-state index contributed by atoms with van der Waals surface area (Å²) in [6.07, 6.45) is 5.41. The van der Waals surface area contributed by atoms with Crippen molar-refractivity contribution in [1.29, 1.82) is 0 Å². The zero-order chi connectivity index (χ0) is 23.0. The van der Waals surface area contributed by atoms with Crippen LogP contribution in [-0.4, -0.2) is 42.3 Å². The summed E-state index contributed by atoms with van der Waals surface area (Å²) in [5.41, 5.74) is 6.90. The fraction of sp³-hybridized carbons (Fsp3) is 0.500. The number of fused-ring (bicyclic) bond motifs is 1. The standard InChI is InChI=1S/C24H29F2N4O2P/c25-19-9-8-16(14-20-17-4-1-2-5-18(17)24(31)29-28-20)15-21(19)33(32)12-10-30(11-13-33)23-7-3-6-22(26)27-23/h3,6-9,15,17-18,20,28H,1-2,4-5,10-14H2,(H,29,31). The molecule has 3 heterocycles. The molecule has 6 nitrogen and oxygen atoms in total. The number of nitrogens with one attached hydrogen (secondary N) is 2. The van der Waals surface area contributed by atoms with Crippen molar-refractivity contribution in [3.05, 3.63) is 53.7 Å². The van der Waals surface area contributed by atoms with Gasteiger partial charge in [-0.2, -0.15) is 4.39 Å². The van der Waals surface area contributed by atoms with E-state index in [1.807, 2.05) is 4.90 Å². The number of halogens is 2. The number of rotatable bonds is 4. The normalized spacial score (nSPS) is 27.0. The van der Waals surface area contributed by atoms with E-state index in [9.17, 15) is 18.1 Å². The quantitative estimate of drug-likeness (QED) is 0.526. The molecule has 1 aromatic heterocycles. The molecule has 0 radical (unpaired) electrons. The van der Waals surface area contributed by atoms with Crippen LogP contribution in [0, 0.1) is 23.6 Å². The van der Waals surface area contributed by atoms with Gasteiger partial charge < -0.3 is 9.46 Å². The van der Waals surface area contributed by atoms with E-state index in [2.05, 4.69) is 15.8 Å². The van der Waals surface area contributed by atoms with Crippen LogP contribution in [0.5, 0.6) is 0 Å². The van der Waals surface area contributed by atoms with Crippen LogP contribution in [0.15, 0.2) is 36.4 Å². The molecule has 3 aliphatic rings. The number of amides is 1. The Hall–Kier alpha value is -2.31. The van der Waals surface area contributed by atoms with Crippen LogP contribution in [0.4, 0.5) is 14.6 Å². The Morgan fingerprint density at radius 3 is 2.67 bits per heavy atom. The van der Waals surface area contributed by atoms with Gasteiger partial charge in [0.05, 0.1) is 0 Å². The topological polar surface area (TPSA) is 74.3 Å². The van der Waals surface area contributed by atoms with E-state index in [1.54, 1.807) is 24.3 Å². The second-order valence-corrected chi connectivity index (χ2v) is 12.6. The van der Waals surface area contributed by atoms with Crippen LogP contribution >= 0.6 is 7.14 Å². The maximum atomic E-state index is 14.9. The molecule has 3 fully saturated rings. The third kappa shape index (κ3) is 4.56. The summed E-state index contributed by atoms with van der Waals surface area (Å²) in [6, 6.07) is 9.65. The SMILES string of the molecule is O=C1NNC(Cc2ccc(F)c(P3(=O)CCN(c4cccc(F)n4)CC3)c2)C2CCCCC12. The van der Waals surface area contributed by atoms with Gasteiger partial charge in [0, 0.05) is 42.7 Å². The minimum atomic E-state index is -2.92. The predicted octanol–water partition coefficient (Wildman–Crippen LogP) is 3.22. The van der Waals surface area contributed by atoms with Crippen molar-refractivity contribution < 1.29 is 18.1 Å². The van der Waals surface area contributed by atoms with E-state index in [-0.39, 0.29) is 23.8 Å². The number of aromatic nitrogens is 1. The summed E-state index contributed by atoms with van der Waals surface area (Å²) in [5, 5.41) is 0.312. The highest BCUT2D eigenvalue weighted by atomic mass is 31.2. The Bertz CT molecular complexity index is 1090. The summed E-state index contributed by atoms with van der Waals surface area (Å²) in [5.74, 6) is -0.0988. The summed E-state index contributed by atoms with van der Waals surface area (Å²) in [7, 11) is -2.92. The molecule has 2 aromatic rings. The molecule has 0 spiro atoms. The van der Waals surface area contributed by atoms with Crippen molar-refractivity contribution in [1.82, 2.24) is 15.8 Å². The van der Waals surface area contributed by atoms with Crippen LogP contribution in [-0.2, 0) is 15.8 Å². The van der Waals surface area contributed by atoms with Gasteiger partial charge in [0.15, 0.2) is 0 Å². The largest absolute Gasteiger partial charge is 0.356 e. The van der Waals surface area contributed by atoms with E-state index in [1.165, 1.54) is 12.1 Å². The molecular formula is C24H29F2N4O2P. The van der Waals surface area contributed by atoms with Crippen LogP contribution in [0.2, 0.25) is 0 Å². The van der Waals surface area contributed by atoms with Crippen molar-refractivity contribution in [2.24, 2.45) is 11.8 Å². The molecule has 5 rings (SSSR count). The summed E-state index contributed by atoms with van der Waals surface area (Å²) >= 11 is 0. The number of nitrogens with zero attached hydrogens (tertiary/aromatic N) is 2. The maximum Gasteiger partial charge on any atom is 0.237 e. The first-order valence-electron chi connectivity index (χ1n) is 11.7. The van der Waals surface area contributed by atoms with Gasteiger partial charge >= 0.3 is 0 Å². The van der Waals surface area contributed by atoms with Crippen molar-refractivity contribution in [2.45, 2.75) is 38.1 Å². The van der Waals surface area contributed by atoms with Crippen LogP contribution in [0.1, 0.15) is 31.2 Å². The van der Waals surface area contributed by atoms with E-state index < -0.39 is 18.9 Å². The molecule has 1 amide bonds. The first-order valence-corrected chi connectivity index (χ1v) is 13.8. The lowest BCUT2D eigenvalue weighted by Crippen LogP contribution is -2.60. The smallest absolute Gasteiger partial charge is 0.237 e. The van der Waals surface area contributed by atoms with Gasteiger partial charge in [0.1, 0.15) is 18.8 Å². The fourth-order valence-electron chi connectivity index (χ4n) is 5.62. The van der Waals surface area contributed by atoms with Crippen molar-refractivity contribution >= 4 is 24.2 Å². The lowest BCUT2D eigenvalue weighted by Gasteiger charge is -2.41. The lowest BCUT2D eigenvalue weighted by molar-refractivity contribution is -0.133. The number of carbonyl (C=O) groups excluding carboxylic acids is 1. The summed E-state index contributed by atoms with van der Waals surface area (Å²) in [4.78, 5) is 18.0. The highest BCUT2D eigenvalue weighted by molar-refractivity contribution is 7.71. The number of carbonyl (C=O) groups is 1. The molecule has 0 bridgehead atoms. The second kappa shape index (κ2) is 9.15. The average molecular weight is 474 g/mol. The number of pyridine rings is 1. The number of benzene rings is 1. The van der Waals surface area contributed by atoms with Gasteiger partial charge in [-0.15, -0.1) is 0 Å². The predicted molar refractivity (Wildman–Crippen MR) is 124 cm³/mol. The van der Waals surface area contributed by atoms with Crippen LogP contribution < -0.4 is 21.1 Å². The van der Waals surface area contributed by atoms with Crippen molar-refractivity contribution in [3.8, 4) is 0 Å². The van der Waals surface area contributed by atoms with Gasteiger partial charge in [-0.25, -0.2) is 14.8 Å². The average Bonchev–Trinajstić information content (AvgIpc) is 2.82. The molecular weight excluding hydrogens is 445 g/mol. The molecule has 1 aromatic carbocycles. The first-order chi connectivity index (χ1) is 15.9. The van der Waals surface area contributed by atoms with E-state index >= 15 is 0 Å². The van der Waals surface area contributed by atoms with Crippen molar-refractivity contribution in [3.63, 3.8) is 0 Å². The second-order valence-electron chi connectivity index (χ2n) is 9.43. The van der Waals surface area contributed by atoms with E-state index in [4.69, 9.17) is 0 Å². The Morgan fingerprint density at radius 1 is 1.09 bits per heavy atom. The molecule has 33 heavy (non-hydrogen) atoms. The third-order valence-corrected chi connectivity index (χ3v) is 10.5. The highest BCUT2D eigenvalue weighted by Gasteiger charge is 2.40. The van der Waals surface area contributed by atoms with Crippen LogP contribution in [0.25, 0.3) is 0 Å². The van der Waals surface area contributed by atoms with Gasteiger partial charge in [0.2, 0.25) is 11.9 Å². The molecule has 3 unspecified atom stereocenters. The molecule has 2 aliphatic heterocycles. The number of anilines is 1. The monoisotopic (exact) mass is 474 g/mol. The summed E-state index contributed by atoms with van der Waals surface area (Å²) in [6.45, 7) is 0.884. The summed E-state index contributed by atoms with van der Waals surface area (Å²) < 4.78 is 42.1. The molecule has 2 saturated heterocycles. The van der Waals surface area contributed by atoms with Crippen molar-refractivity contribution in [2.75, 3.05) is 30.3 Å². The van der Waals surface area contributed by atoms with Gasteiger partial charge in [0.25, 0.3) is 0 Å². The molecule has 9 heteroatoms. The van der Waals surface area contributed by atoms with Gasteiger partial charge in [-0.3, -0.25) is 10.2 Å². The lowest BCUT2D eigenvalue weighted by atomic mass is 9.72. The Kier molecular flexibility index (Phi) is 6.23. The number of hydrogen-bond acceptors (Lipinski definition) is 5. The fourth-order valence-corrected chi connectivity index (χ4v) is 8.32. The maximum absolute atomic E-state index is 14.9. The van der Waals surface area contributed by atoms with E-state index in [0.717, 1.165) is 31.2 Å². The Balaban J connectivity index is 1.32. The molecule has 1 aliphatic carbocycles. The first kappa shape index (κ1) is 22.5. The molecule has 2 N–H and O–H groups in total. The zero-order valence-electron chi connectivity index (χ0n) is 18.5. The van der Waals surface area contributed by atoms with Crippen LogP contribution in [0.3, 0.4) is 0 Å². The number of hydrazine groups is 1. The Labute approximate surface area is 192 Å². The molecule has 1 saturated carbocycles. The molecule has 3 atom stereocenters. The van der Waals surface area contributed by atoms with Gasteiger partial charge in [-0.1, -0.05) is 25.0 Å². The van der Waals surface area contributed by atoms with E-state index in [0.29, 0.717) is 43.0 Å². The number of hydrogen-bond donors (Lipinski definition) is 2. The van der Waals surface area contributed by atoms with Gasteiger partial charge in [-0.05, 0) is 55.0 Å². The third-order valence-electron chi connectivity index (χ3n) is 7.45. The zero-order valence-corrected chi connectivity index (χ0v) is 19.4. The minimum absolute atomic E-state index is 0.0315. The molecule has 176 valence electrons. The highest BCUT2D eigenvalue weighted by Crippen LogP contribution is 2.47.